The average Bonchev–Trinajstić information content (AvgIpc) is 3.30. The van der Waals surface area contributed by atoms with Crippen LogP contribution in [0.4, 0.5) is 5.69 Å². The van der Waals surface area contributed by atoms with Gasteiger partial charge < -0.3 is 19.9 Å². The molecule has 0 saturated heterocycles. The first-order valence-electron chi connectivity index (χ1n) is 11.9. The Balaban J connectivity index is 1.42. The molecule has 1 amide bonds. The number of nitrogens with zero attached hydrogens (tertiary/aromatic N) is 3. The second kappa shape index (κ2) is 11.9. The van der Waals surface area contributed by atoms with Crippen LogP contribution in [0.1, 0.15) is 62.5 Å². The number of thioether (sulfide) groups is 1. The molecule has 34 heavy (non-hydrogen) atoms. The lowest BCUT2D eigenvalue weighted by Crippen LogP contribution is -2.28. The summed E-state index contributed by atoms with van der Waals surface area (Å²) in [7, 11) is 1.67. The van der Waals surface area contributed by atoms with Crippen molar-refractivity contribution in [3.63, 3.8) is 0 Å². The molecule has 0 bridgehead atoms. The van der Waals surface area contributed by atoms with Crippen molar-refractivity contribution in [2.24, 2.45) is 0 Å². The number of hydrogen-bond donors (Lipinski definition) is 2. The summed E-state index contributed by atoms with van der Waals surface area (Å²) in [6.07, 6.45) is 5.94. The summed E-state index contributed by atoms with van der Waals surface area (Å²) in [5.74, 6) is 2.02. The summed E-state index contributed by atoms with van der Waals surface area (Å²) in [4.78, 5) is 12.7. The van der Waals surface area contributed by atoms with Gasteiger partial charge in [-0.1, -0.05) is 67.4 Å². The zero-order valence-corrected chi connectivity index (χ0v) is 20.7. The first-order valence-corrected chi connectivity index (χ1v) is 12.9. The first kappa shape index (κ1) is 24.1. The molecule has 1 atom stereocenters. The molecule has 0 radical (unpaired) electrons. The van der Waals surface area contributed by atoms with Crippen LogP contribution in [0.15, 0.2) is 59.8 Å². The van der Waals surface area contributed by atoms with Crippen LogP contribution in [0.2, 0.25) is 0 Å². The quantitative estimate of drug-likeness (QED) is 0.380. The van der Waals surface area contributed by atoms with Gasteiger partial charge >= 0.3 is 0 Å². The third-order valence-electron chi connectivity index (χ3n) is 6.20. The number of amides is 1. The summed E-state index contributed by atoms with van der Waals surface area (Å²) < 4.78 is 7.58. The highest BCUT2D eigenvalue weighted by Crippen LogP contribution is 2.33. The maximum absolute atomic E-state index is 12.7. The summed E-state index contributed by atoms with van der Waals surface area (Å²) in [6, 6.07) is 18.2. The van der Waals surface area contributed by atoms with E-state index in [-0.39, 0.29) is 11.9 Å². The molecule has 180 valence electrons. The predicted molar refractivity (Wildman–Crippen MR) is 136 cm³/mol. The molecule has 1 aliphatic carbocycles. The van der Waals surface area contributed by atoms with E-state index >= 15 is 0 Å². The molecule has 2 aromatic carbocycles. The van der Waals surface area contributed by atoms with Crippen molar-refractivity contribution < 1.29 is 9.53 Å². The Morgan fingerprint density at radius 1 is 1.12 bits per heavy atom. The standard InChI is InChI=1S/C26H33N5O2S/c1-19(20-10-5-3-6-11-20)28-25(32)18-34-26-30-29-24(31(26)22-13-7-4-8-14-22)17-27-21-12-9-15-23(16-21)33-2/h3,5-6,9-12,15-16,19,22,27H,4,7-8,13-14,17-18H2,1-2H3,(H,28,32). The Labute approximate surface area is 205 Å². The van der Waals surface area contributed by atoms with Crippen LogP contribution in [0, 0.1) is 0 Å². The van der Waals surface area contributed by atoms with E-state index in [9.17, 15) is 4.79 Å². The number of carbonyl (C=O) groups excluding carboxylic acids is 1. The van der Waals surface area contributed by atoms with Crippen LogP contribution < -0.4 is 15.4 Å². The maximum Gasteiger partial charge on any atom is 0.230 e. The topological polar surface area (TPSA) is 81.1 Å². The van der Waals surface area contributed by atoms with Gasteiger partial charge in [0.2, 0.25) is 5.91 Å². The molecule has 1 saturated carbocycles. The van der Waals surface area contributed by atoms with Gasteiger partial charge in [0.05, 0.1) is 25.4 Å². The fraction of sp³-hybridized carbons (Fsp3) is 0.423. The Morgan fingerprint density at radius 3 is 2.68 bits per heavy atom. The van der Waals surface area contributed by atoms with E-state index in [2.05, 4.69) is 25.4 Å². The van der Waals surface area contributed by atoms with Crippen molar-refractivity contribution in [2.45, 2.75) is 62.8 Å². The zero-order valence-electron chi connectivity index (χ0n) is 19.9. The molecule has 7 nitrogen and oxygen atoms in total. The van der Waals surface area contributed by atoms with E-state index in [1.807, 2.05) is 61.5 Å². The largest absolute Gasteiger partial charge is 0.497 e. The van der Waals surface area contributed by atoms with E-state index in [0.717, 1.165) is 40.8 Å². The van der Waals surface area contributed by atoms with Crippen molar-refractivity contribution in [2.75, 3.05) is 18.2 Å². The highest BCUT2D eigenvalue weighted by molar-refractivity contribution is 7.99. The molecule has 2 N–H and O–H groups in total. The molecule has 8 heteroatoms. The maximum atomic E-state index is 12.7. The number of rotatable bonds is 10. The molecule has 1 heterocycles. The molecule has 0 aliphatic heterocycles. The van der Waals surface area contributed by atoms with Crippen LogP contribution in [-0.2, 0) is 11.3 Å². The lowest BCUT2D eigenvalue weighted by atomic mass is 9.95. The van der Waals surface area contributed by atoms with Gasteiger partial charge in [-0.3, -0.25) is 4.79 Å². The normalized spacial score (nSPS) is 15.0. The van der Waals surface area contributed by atoms with E-state index in [4.69, 9.17) is 4.74 Å². The Morgan fingerprint density at radius 2 is 1.91 bits per heavy atom. The van der Waals surface area contributed by atoms with Crippen molar-refractivity contribution in [3.05, 3.63) is 66.0 Å². The van der Waals surface area contributed by atoms with Crippen LogP contribution in [0.5, 0.6) is 5.75 Å². The first-order chi connectivity index (χ1) is 16.6. The summed E-state index contributed by atoms with van der Waals surface area (Å²) in [5.41, 5.74) is 2.07. The van der Waals surface area contributed by atoms with Crippen molar-refractivity contribution in [3.8, 4) is 5.75 Å². The van der Waals surface area contributed by atoms with E-state index < -0.39 is 0 Å². The minimum atomic E-state index is -0.0341. The minimum Gasteiger partial charge on any atom is -0.497 e. The van der Waals surface area contributed by atoms with Crippen molar-refractivity contribution >= 4 is 23.4 Å². The zero-order chi connectivity index (χ0) is 23.8. The van der Waals surface area contributed by atoms with Gasteiger partial charge in [-0.25, -0.2) is 0 Å². The number of carbonyl (C=O) groups is 1. The van der Waals surface area contributed by atoms with Gasteiger partial charge in [0.25, 0.3) is 0 Å². The predicted octanol–water partition coefficient (Wildman–Crippen LogP) is 5.37. The molecule has 0 spiro atoms. The van der Waals surface area contributed by atoms with Crippen LogP contribution >= 0.6 is 11.8 Å². The number of nitrogens with one attached hydrogen (secondary N) is 2. The third kappa shape index (κ3) is 6.32. The monoisotopic (exact) mass is 479 g/mol. The number of hydrogen-bond acceptors (Lipinski definition) is 6. The summed E-state index contributed by atoms with van der Waals surface area (Å²) in [6.45, 7) is 2.57. The number of ether oxygens (including phenoxy) is 1. The van der Waals surface area contributed by atoms with Gasteiger partial charge in [0, 0.05) is 17.8 Å². The van der Waals surface area contributed by atoms with E-state index in [1.54, 1.807) is 7.11 Å². The number of methoxy groups -OCH3 is 1. The smallest absolute Gasteiger partial charge is 0.230 e. The molecule has 1 fully saturated rings. The SMILES string of the molecule is COc1cccc(NCc2nnc(SCC(=O)NC(C)c3ccccc3)n2C2CCCCC2)c1. The second-order valence-corrected chi connectivity index (χ2v) is 9.58. The Kier molecular flexibility index (Phi) is 8.46. The summed E-state index contributed by atoms with van der Waals surface area (Å²) >= 11 is 1.46. The van der Waals surface area contributed by atoms with E-state index in [1.165, 1.54) is 31.0 Å². The fourth-order valence-electron chi connectivity index (χ4n) is 4.38. The van der Waals surface area contributed by atoms with Crippen LogP contribution in [-0.4, -0.2) is 33.5 Å². The molecule has 1 unspecified atom stereocenters. The average molecular weight is 480 g/mol. The van der Waals surface area contributed by atoms with E-state index in [0.29, 0.717) is 18.3 Å². The molecular formula is C26H33N5O2S. The highest BCUT2D eigenvalue weighted by Gasteiger charge is 2.23. The number of aromatic nitrogens is 3. The number of benzene rings is 2. The van der Waals surface area contributed by atoms with Crippen molar-refractivity contribution in [1.29, 1.82) is 0 Å². The second-order valence-electron chi connectivity index (χ2n) is 8.63. The fourth-order valence-corrected chi connectivity index (χ4v) is 5.22. The Hall–Kier alpha value is -3.00. The summed E-state index contributed by atoms with van der Waals surface area (Å²) in [5, 5.41) is 16.3. The lowest BCUT2D eigenvalue weighted by molar-refractivity contribution is -0.119. The van der Waals surface area contributed by atoms with Gasteiger partial charge in [-0.2, -0.15) is 0 Å². The lowest BCUT2D eigenvalue weighted by Gasteiger charge is -2.25. The van der Waals surface area contributed by atoms with Gasteiger partial charge in [-0.05, 0) is 37.5 Å². The molecule has 4 rings (SSSR count). The van der Waals surface area contributed by atoms with Crippen LogP contribution in [0.25, 0.3) is 0 Å². The molecule has 1 aromatic heterocycles. The van der Waals surface area contributed by atoms with Gasteiger partial charge in [-0.15, -0.1) is 10.2 Å². The molecular weight excluding hydrogens is 446 g/mol. The number of anilines is 1. The van der Waals surface area contributed by atoms with Gasteiger partial charge in [0.1, 0.15) is 5.75 Å². The molecule has 3 aromatic rings. The third-order valence-corrected chi connectivity index (χ3v) is 7.15. The highest BCUT2D eigenvalue weighted by atomic mass is 32.2. The van der Waals surface area contributed by atoms with Crippen LogP contribution in [0.3, 0.4) is 0 Å². The van der Waals surface area contributed by atoms with Gasteiger partial charge in [0.15, 0.2) is 11.0 Å². The van der Waals surface area contributed by atoms with Crippen molar-refractivity contribution in [1.82, 2.24) is 20.1 Å². The molecule has 1 aliphatic rings. The minimum absolute atomic E-state index is 0.00407. The Bertz CT molecular complexity index is 1070.